The summed E-state index contributed by atoms with van der Waals surface area (Å²) >= 11 is 7.82. The summed E-state index contributed by atoms with van der Waals surface area (Å²) in [6.45, 7) is 1.03. The molecule has 0 saturated heterocycles. The number of nitrogens with one attached hydrogen (secondary N) is 1. The minimum atomic E-state index is 0.806. The molecule has 0 bridgehead atoms. The lowest BCUT2D eigenvalue weighted by Gasteiger charge is -2.06. The van der Waals surface area contributed by atoms with E-state index in [9.17, 15) is 0 Å². The Kier molecular flexibility index (Phi) is 6.12. The highest BCUT2D eigenvalue weighted by Gasteiger charge is 1.95. The third kappa shape index (κ3) is 5.58. The predicted octanol–water partition coefficient (Wildman–Crippen LogP) is 5.08. The molecule has 0 spiro atoms. The van der Waals surface area contributed by atoms with Crippen LogP contribution in [0.2, 0.25) is 5.02 Å². The first-order chi connectivity index (χ1) is 9.34. The van der Waals surface area contributed by atoms with Crippen LogP contribution in [0.1, 0.15) is 12.0 Å². The zero-order valence-electron chi connectivity index (χ0n) is 10.8. The minimum Gasteiger partial charge on any atom is -0.385 e. The Hall–Kier alpha value is -1.12. The molecule has 2 aromatic carbocycles. The Bertz CT molecular complexity index is 470. The van der Waals surface area contributed by atoms with Gasteiger partial charge in [0, 0.05) is 23.0 Å². The van der Waals surface area contributed by atoms with Crippen molar-refractivity contribution in [2.45, 2.75) is 12.2 Å². The molecule has 0 fully saturated rings. The first-order valence-electron chi connectivity index (χ1n) is 6.46. The van der Waals surface area contributed by atoms with Crippen molar-refractivity contribution in [2.24, 2.45) is 0 Å². The van der Waals surface area contributed by atoms with Crippen molar-refractivity contribution in [2.75, 3.05) is 17.6 Å². The van der Waals surface area contributed by atoms with Crippen LogP contribution in [-0.2, 0) is 5.75 Å². The van der Waals surface area contributed by atoms with E-state index < -0.39 is 0 Å². The number of anilines is 1. The van der Waals surface area contributed by atoms with Crippen LogP contribution in [-0.4, -0.2) is 12.3 Å². The molecule has 0 atom stereocenters. The van der Waals surface area contributed by atoms with Gasteiger partial charge in [-0.25, -0.2) is 0 Å². The van der Waals surface area contributed by atoms with Crippen molar-refractivity contribution in [3.8, 4) is 0 Å². The lowest BCUT2D eigenvalue weighted by molar-refractivity contribution is 0.991. The molecule has 0 aliphatic carbocycles. The number of benzene rings is 2. The molecule has 0 aromatic heterocycles. The fourth-order valence-corrected chi connectivity index (χ4v) is 2.78. The van der Waals surface area contributed by atoms with Crippen LogP contribution in [0.5, 0.6) is 0 Å². The fourth-order valence-electron chi connectivity index (χ4n) is 1.73. The minimum absolute atomic E-state index is 0.806. The second kappa shape index (κ2) is 8.13. The van der Waals surface area contributed by atoms with Crippen LogP contribution >= 0.6 is 23.4 Å². The van der Waals surface area contributed by atoms with Gasteiger partial charge >= 0.3 is 0 Å². The van der Waals surface area contributed by atoms with Gasteiger partial charge in [0.15, 0.2) is 0 Å². The monoisotopic (exact) mass is 291 g/mol. The molecule has 100 valence electrons. The number of thioether (sulfide) groups is 1. The van der Waals surface area contributed by atoms with E-state index >= 15 is 0 Å². The SMILES string of the molecule is Clc1ccc(CSCCCNc2ccccc2)cc1. The zero-order valence-corrected chi connectivity index (χ0v) is 12.4. The topological polar surface area (TPSA) is 12.0 Å². The fraction of sp³-hybridized carbons (Fsp3) is 0.250. The molecule has 0 heterocycles. The van der Waals surface area contributed by atoms with Gasteiger partial charge in [-0.3, -0.25) is 0 Å². The highest BCUT2D eigenvalue weighted by atomic mass is 35.5. The van der Waals surface area contributed by atoms with Gasteiger partial charge in [-0.1, -0.05) is 41.9 Å². The van der Waals surface area contributed by atoms with Crippen molar-refractivity contribution in [3.63, 3.8) is 0 Å². The largest absolute Gasteiger partial charge is 0.385 e. The molecule has 2 aromatic rings. The normalized spacial score (nSPS) is 10.4. The summed E-state index contributed by atoms with van der Waals surface area (Å²) in [7, 11) is 0. The standard InChI is InChI=1S/C16H18ClNS/c17-15-9-7-14(8-10-15)13-19-12-4-11-18-16-5-2-1-3-6-16/h1-3,5-10,18H,4,11-13H2. The summed E-state index contributed by atoms with van der Waals surface area (Å²) in [5.74, 6) is 2.23. The maximum Gasteiger partial charge on any atom is 0.0406 e. The van der Waals surface area contributed by atoms with Crippen LogP contribution in [0.25, 0.3) is 0 Å². The van der Waals surface area contributed by atoms with Gasteiger partial charge in [-0.2, -0.15) is 11.8 Å². The summed E-state index contributed by atoms with van der Waals surface area (Å²) in [6, 6.07) is 18.4. The molecule has 0 saturated carbocycles. The van der Waals surface area contributed by atoms with Gasteiger partial charge in [-0.05, 0) is 42.0 Å². The van der Waals surface area contributed by atoms with Gasteiger partial charge < -0.3 is 5.32 Å². The van der Waals surface area contributed by atoms with E-state index in [0.717, 1.165) is 17.3 Å². The van der Waals surface area contributed by atoms with E-state index in [4.69, 9.17) is 11.6 Å². The van der Waals surface area contributed by atoms with Crippen molar-refractivity contribution in [1.29, 1.82) is 0 Å². The molecular weight excluding hydrogens is 274 g/mol. The summed E-state index contributed by atoms with van der Waals surface area (Å²) in [5.41, 5.74) is 2.54. The predicted molar refractivity (Wildman–Crippen MR) is 87.2 cm³/mol. The van der Waals surface area contributed by atoms with Gasteiger partial charge in [0.05, 0.1) is 0 Å². The summed E-state index contributed by atoms with van der Waals surface area (Å²) in [6.07, 6.45) is 1.17. The van der Waals surface area contributed by atoms with Crippen LogP contribution in [0.15, 0.2) is 54.6 Å². The van der Waals surface area contributed by atoms with Crippen molar-refractivity contribution in [1.82, 2.24) is 0 Å². The molecule has 0 radical (unpaired) electrons. The van der Waals surface area contributed by atoms with Crippen LogP contribution in [0.3, 0.4) is 0 Å². The molecule has 1 nitrogen and oxygen atoms in total. The van der Waals surface area contributed by atoms with Crippen LogP contribution in [0.4, 0.5) is 5.69 Å². The molecule has 3 heteroatoms. The average Bonchev–Trinajstić information content (AvgIpc) is 2.46. The first kappa shape index (κ1) is 14.3. The molecule has 0 amide bonds. The number of rotatable bonds is 7. The van der Waals surface area contributed by atoms with E-state index in [-0.39, 0.29) is 0 Å². The molecule has 1 N–H and O–H groups in total. The lowest BCUT2D eigenvalue weighted by atomic mass is 10.2. The Morgan fingerprint density at radius 2 is 1.68 bits per heavy atom. The smallest absolute Gasteiger partial charge is 0.0406 e. The summed E-state index contributed by atoms with van der Waals surface area (Å²) in [4.78, 5) is 0. The molecule has 0 unspecified atom stereocenters. The van der Waals surface area contributed by atoms with E-state index in [2.05, 4.69) is 41.7 Å². The second-order valence-electron chi connectivity index (χ2n) is 4.33. The Morgan fingerprint density at radius 3 is 2.42 bits per heavy atom. The van der Waals surface area contributed by atoms with E-state index in [1.54, 1.807) is 0 Å². The third-order valence-electron chi connectivity index (χ3n) is 2.75. The third-order valence-corrected chi connectivity index (χ3v) is 4.12. The van der Waals surface area contributed by atoms with E-state index in [0.29, 0.717) is 0 Å². The zero-order chi connectivity index (χ0) is 13.3. The van der Waals surface area contributed by atoms with E-state index in [1.165, 1.54) is 23.4 Å². The second-order valence-corrected chi connectivity index (χ2v) is 5.87. The van der Waals surface area contributed by atoms with Gasteiger partial charge in [-0.15, -0.1) is 0 Å². The Balaban J connectivity index is 1.56. The average molecular weight is 292 g/mol. The molecule has 0 aliphatic rings. The van der Waals surface area contributed by atoms with Crippen molar-refractivity contribution < 1.29 is 0 Å². The quantitative estimate of drug-likeness (QED) is 0.714. The maximum atomic E-state index is 5.86. The Labute approximate surface area is 124 Å². The van der Waals surface area contributed by atoms with Crippen molar-refractivity contribution >= 4 is 29.1 Å². The summed E-state index contributed by atoms with van der Waals surface area (Å²) < 4.78 is 0. The van der Waals surface area contributed by atoms with E-state index in [1.807, 2.05) is 30.0 Å². The first-order valence-corrected chi connectivity index (χ1v) is 7.99. The number of hydrogen-bond donors (Lipinski definition) is 1. The molecule has 2 rings (SSSR count). The number of halogens is 1. The lowest BCUT2D eigenvalue weighted by Crippen LogP contribution is -2.02. The highest BCUT2D eigenvalue weighted by molar-refractivity contribution is 7.98. The van der Waals surface area contributed by atoms with Gasteiger partial charge in [0.25, 0.3) is 0 Å². The number of para-hydroxylation sites is 1. The molecule has 19 heavy (non-hydrogen) atoms. The highest BCUT2D eigenvalue weighted by Crippen LogP contribution is 2.16. The Morgan fingerprint density at radius 1 is 0.947 bits per heavy atom. The van der Waals surface area contributed by atoms with Gasteiger partial charge in [0.1, 0.15) is 0 Å². The maximum absolute atomic E-state index is 5.86. The van der Waals surface area contributed by atoms with Crippen LogP contribution in [0, 0.1) is 0 Å². The van der Waals surface area contributed by atoms with Crippen molar-refractivity contribution in [3.05, 3.63) is 65.2 Å². The number of hydrogen-bond acceptors (Lipinski definition) is 2. The van der Waals surface area contributed by atoms with Gasteiger partial charge in [0.2, 0.25) is 0 Å². The molecular formula is C16H18ClNS. The summed E-state index contributed by atoms with van der Waals surface area (Å²) in [5, 5.41) is 4.23. The van der Waals surface area contributed by atoms with Crippen LogP contribution < -0.4 is 5.32 Å². The molecule has 0 aliphatic heterocycles.